The molecule has 0 bridgehead atoms. The summed E-state index contributed by atoms with van der Waals surface area (Å²) in [6, 6.07) is 22.8. The van der Waals surface area contributed by atoms with Crippen LogP contribution in [0, 0.1) is 5.92 Å². The Bertz CT molecular complexity index is 1090. The van der Waals surface area contributed by atoms with E-state index in [0.717, 1.165) is 16.7 Å². The molecule has 3 aromatic carbocycles. The zero-order chi connectivity index (χ0) is 20.4. The fourth-order valence-electron chi connectivity index (χ4n) is 3.02. The van der Waals surface area contributed by atoms with E-state index in [9.17, 15) is 9.59 Å². The molecular formula is C25H20O4. The minimum atomic E-state index is -0.330. The maximum Gasteiger partial charge on any atom is 0.313 e. The molecule has 4 heteroatoms. The van der Waals surface area contributed by atoms with E-state index < -0.39 is 0 Å². The van der Waals surface area contributed by atoms with Gasteiger partial charge in [0.1, 0.15) is 11.5 Å². The molecule has 0 unspecified atom stereocenters. The number of carbonyl (C=O) groups is 2. The van der Waals surface area contributed by atoms with E-state index in [1.165, 1.54) is 0 Å². The van der Waals surface area contributed by atoms with Crippen molar-refractivity contribution >= 4 is 17.8 Å². The van der Waals surface area contributed by atoms with Gasteiger partial charge in [-0.1, -0.05) is 68.4 Å². The highest BCUT2D eigenvalue weighted by molar-refractivity contribution is 6.14. The van der Waals surface area contributed by atoms with Gasteiger partial charge in [0, 0.05) is 6.07 Å². The van der Waals surface area contributed by atoms with Crippen molar-refractivity contribution in [1.82, 2.24) is 0 Å². The summed E-state index contributed by atoms with van der Waals surface area (Å²) < 4.78 is 11.0. The molecule has 144 valence electrons. The number of hydrogen-bond donors (Lipinski definition) is 0. The Hall–Kier alpha value is -3.66. The van der Waals surface area contributed by atoms with Gasteiger partial charge in [-0.2, -0.15) is 0 Å². The lowest BCUT2D eigenvalue weighted by atomic mass is 10.0. The summed E-state index contributed by atoms with van der Waals surface area (Å²) in [6.45, 7) is 3.53. The van der Waals surface area contributed by atoms with Crippen molar-refractivity contribution in [3.8, 4) is 22.6 Å². The number of ketones is 1. The summed E-state index contributed by atoms with van der Waals surface area (Å²) >= 11 is 0. The van der Waals surface area contributed by atoms with Crippen LogP contribution in [0.1, 0.15) is 29.8 Å². The van der Waals surface area contributed by atoms with Crippen molar-refractivity contribution in [2.45, 2.75) is 13.8 Å². The normalized spacial score (nSPS) is 14.0. The fourth-order valence-corrected chi connectivity index (χ4v) is 3.02. The van der Waals surface area contributed by atoms with Gasteiger partial charge in [-0.05, 0) is 34.9 Å². The van der Waals surface area contributed by atoms with Gasteiger partial charge < -0.3 is 9.47 Å². The molecule has 0 aromatic heterocycles. The Balaban J connectivity index is 1.54. The first-order valence-electron chi connectivity index (χ1n) is 9.47. The third-order valence-corrected chi connectivity index (χ3v) is 4.65. The molecule has 0 N–H and O–H groups in total. The summed E-state index contributed by atoms with van der Waals surface area (Å²) in [5.74, 6) is 0.261. The molecule has 4 rings (SSSR count). The van der Waals surface area contributed by atoms with Crippen LogP contribution >= 0.6 is 0 Å². The molecule has 0 aliphatic carbocycles. The van der Waals surface area contributed by atoms with Crippen molar-refractivity contribution < 1.29 is 19.1 Å². The second-order valence-electron chi connectivity index (χ2n) is 7.16. The first-order valence-corrected chi connectivity index (χ1v) is 9.47. The molecule has 0 saturated heterocycles. The van der Waals surface area contributed by atoms with E-state index in [1.807, 2.05) is 42.5 Å². The van der Waals surface area contributed by atoms with Crippen molar-refractivity contribution in [1.29, 1.82) is 0 Å². The van der Waals surface area contributed by atoms with Gasteiger partial charge in [0.2, 0.25) is 5.78 Å². The van der Waals surface area contributed by atoms with Crippen molar-refractivity contribution in [2.24, 2.45) is 5.92 Å². The summed E-state index contributed by atoms with van der Waals surface area (Å²) in [7, 11) is 0. The summed E-state index contributed by atoms with van der Waals surface area (Å²) in [6.07, 6.45) is 1.72. The third-order valence-electron chi connectivity index (χ3n) is 4.65. The van der Waals surface area contributed by atoms with Gasteiger partial charge in [-0.3, -0.25) is 9.59 Å². The minimum absolute atomic E-state index is 0.186. The molecule has 0 radical (unpaired) electrons. The van der Waals surface area contributed by atoms with E-state index in [0.29, 0.717) is 17.1 Å². The highest BCUT2D eigenvalue weighted by Gasteiger charge is 2.28. The molecular weight excluding hydrogens is 364 g/mol. The zero-order valence-electron chi connectivity index (χ0n) is 16.2. The average molecular weight is 384 g/mol. The largest absolute Gasteiger partial charge is 0.452 e. The standard InChI is InChI=1S/C25H20O4/c1-16(2)25(27)28-20-12-13-21-22(15-20)29-23(24(21)26)14-17-8-10-19(11-9-17)18-6-4-3-5-7-18/h3-16H,1-2H3/b23-14+. The van der Waals surface area contributed by atoms with Crippen molar-refractivity contribution in [3.05, 3.63) is 89.7 Å². The van der Waals surface area contributed by atoms with Gasteiger partial charge in [0.05, 0.1) is 11.5 Å². The molecule has 1 aliphatic heterocycles. The van der Waals surface area contributed by atoms with Crippen LogP contribution in [0.3, 0.4) is 0 Å². The first-order chi connectivity index (χ1) is 14.0. The van der Waals surface area contributed by atoms with Gasteiger partial charge >= 0.3 is 5.97 Å². The zero-order valence-corrected chi connectivity index (χ0v) is 16.2. The van der Waals surface area contributed by atoms with Crippen LogP contribution in [0.2, 0.25) is 0 Å². The lowest BCUT2D eigenvalue weighted by Gasteiger charge is -2.07. The van der Waals surface area contributed by atoms with Crippen LogP contribution in [0.25, 0.3) is 17.2 Å². The van der Waals surface area contributed by atoms with Crippen LogP contribution in [-0.2, 0) is 4.79 Å². The van der Waals surface area contributed by atoms with Gasteiger partial charge in [-0.15, -0.1) is 0 Å². The average Bonchev–Trinajstić information content (AvgIpc) is 3.04. The molecule has 29 heavy (non-hydrogen) atoms. The Morgan fingerprint density at radius 1 is 0.931 bits per heavy atom. The topological polar surface area (TPSA) is 52.6 Å². The molecule has 3 aromatic rings. The number of ether oxygens (including phenoxy) is 2. The lowest BCUT2D eigenvalue weighted by molar-refractivity contribution is -0.137. The number of carbonyl (C=O) groups excluding carboxylic acids is 2. The first kappa shape index (κ1) is 18.7. The van der Waals surface area contributed by atoms with Gasteiger partial charge in [0.25, 0.3) is 0 Å². The van der Waals surface area contributed by atoms with Crippen LogP contribution in [0.5, 0.6) is 11.5 Å². The van der Waals surface area contributed by atoms with Crippen LogP contribution in [0.15, 0.2) is 78.6 Å². The molecule has 1 heterocycles. The van der Waals surface area contributed by atoms with Gasteiger partial charge in [-0.25, -0.2) is 0 Å². The summed E-state index contributed by atoms with van der Waals surface area (Å²) in [5, 5.41) is 0. The Kier molecular flexibility index (Phi) is 5.00. The van der Waals surface area contributed by atoms with Crippen LogP contribution in [0.4, 0.5) is 0 Å². The maximum atomic E-state index is 12.6. The highest BCUT2D eigenvalue weighted by Crippen LogP contribution is 2.35. The number of allylic oxidation sites excluding steroid dienone is 1. The smallest absolute Gasteiger partial charge is 0.313 e. The minimum Gasteiger partial charge on any atom is -0.452 e. The quantitative estimate of drug-likeness (QED) is 0.337. The third kappa shape index (κ3) is 3.97. The maximum absolute atomic E-state index is 12.6. The Morgan fingerprint density at radius 2 is 1.62 bits per heavy atom. The van der Waals surface area contributed by atoms with Crippen LogP contribution < -0.4 is 9.47 Å². The predicted molar refractivity (Wildman–Crippen MR) is 112 cm³/mol. The SMILES string of the molecule is CC(C)C(=O)Oc1ccc2c(c1)O/C(=C/c1ccc(-c3ccccc3)cc1)C2=O. The number of fused-ring (bicyclic) bond motifs is 1. The molecule has 0 fully saturated rings. The monoisotopic (exact) mass is 384 g/mol. The van der Waals surface area contributed by atoms with E-state index in [4.69, 9.17) is 9.47 Å². The second kappa shape index (κ2) is 7.76. The van der Waals surface area contributed by atoms with E-state index in [1.54, 1.807) is 38.1 Å². The number of esters is 1. The molecule has 0 saturated carbocycles. The Morgan fingerprint density at radius 3 is 2.31 bits per heavy atom. The second-order valence-corrected chi connectivity index (χ2v) is 7.16. The molecule has 1 aliphatic rings. The molecule has 0 atom stereocenters. The number of Topliss-reactive ketones (excluding diaryl/α,β-unsaturated/α-hetero) is 1. The van der Waals surface area contributed by atoms with E-state index in [-0.39, 0.29) is 23.4 Å². The van der Waals surface area contributed by atoms with E-state index in [2.05, 4.69) is 12.1 Å². The fraction of sp³-hybridized carbons (Fsp3) is 0.120. The number of rotatable bonds is 4. The summed E-state index contributed by atoms with van der Waals surface area (Å²) in [5.41, 5.74) is 3.57. The Labute approximate surface area is 169 Å². The lowest BCUT2D eigenvalue weighted by Crippen LogP contribution is -2.14. The molecule has 0 spiro atoms. The number of benzene rings is 3. The predicted octanol–water partition coefficient (Wildman–Crippen LogP) is 5.53. The van der Waals surface area contributed by atoms with Crippen LogP contribution in [-0.4, -0.2) is 11.8 Å². The number of hydrogen-bond acceptors (Lipinski definition) is 4. The molecule has 4 nitrogen and oxygen atoms in total. The molecule has 0 amide bonds. The van der Waals surface area contributed by atoms with E-state index >= 15 is 0 Å². The van der Waals surface area contributed by atoms with Gasteiger partial charge in [0.15, 0.2) is 5.76 Å². The van der Waals surface area contributed by atoms with Crippen molar-refractivity contribution in [3.63, 3.8) is 0 Å². The van der Waals surface area contributed by atoms with Crippen molar-refractivity contribution in [2.75, 3.05) is 0 Å². The highest BCUT2D eigenvalue weighted by atomic mass is 16.5. The summed E-state index contributed by atoms with van der Waals surface area (Å²) in [4.78, 5) is 24.4.